The number of aliphatic carboxylic acids is 2. The Balaban J connectivity index is 4.10. The maximum absolute atomic E-state index is 10.5. The molecule has 0 aromatic carbocycles. The van der Waals surface area contributed by atoms with E-state index in [1.165, 1.54) is 0 Å². The lowest BCUT2D eigenvalue weighted by molar-refractivity contribution is -0.169. The molecule has 6 nitrogen and oxygen atoms in total. The van der Waals surface area contributed by atoms with E-state index in [4.69, 9.17) is 15.4 Å². The van der Waals surface area contributed by atoms with E-state index in [1.807, 2.05) is 0 Å². The van der Waals surface area contributed by atoms with Crippen LogP contribution in [0.4, 0.5) is 0 Å². The predicted octanol–water partition coefficient (Wildman–Crippen LogP) is 0.0155. The summed E-state index contributed by atoms with van der Waals surface area (Å²) in [6, 6.07) is -1.14. The molecule has 0 heterocycles. The van der Waals surface area contributed by atoms with E-state index in [1.54, 1.807) is 6.92 Å². The number of hydroxylamine groups is 2. The second-order valence-electron chi connectivity index (χ2n) is 2.54. The van der Waals surface area contributed by atoms with Gasteiger partial charge in [-0.15, -0.1) is 0 Å². The van der Waals surface area contributed by atoms with E-state index < -0.39 is 18.0 Å². The standard InChI is InChI=1S/C7H13NO5/c1-2-8(13)5(7(11)12)3-4-6(9)10/h5,13H,2-4H2,1H3,(H,9,10)(H,11,12)/t5-/m0/s1. The fraction of sp³-hybridized carbons (Fsp3) is 0.714. The van der Waals surface area contributed by atoms with E-state index in [9.17, 15) is 9.59 Å². The minimum atomic E-state index is -1.22. The summed E-state index contributed by atoms with van der Waals surface area (Å²) in [4.78, 5) is 20.7. The van der Waals surface area contributed by atoms with Gasteiger partial charge in [0.2, 0.25) is 0 Å². The van der Waals surface area contributed by atoms with E-state index in [0.717, 1.165) is 0 Å². The number of rotatable bonds is 6. The van der Waals surface area contributed by atoms with Gasteiger partial charge < -0.3 is 15.4 Å². The molecular weight excluding hydrogens is 178 g/mol. The fourth-order valence-corrected chi connectivity index (χ4v) is 0.881. The summed E-state index contributed by atoms with van der Waals surface area (Å²) in [6.45, 7) is 1.73. The number of hydrogen-bond donors (Lipinski definition) is 3. The summed E-state index contributed by atoms with van der Waals surface area (Å²) < 4.78 is 0. The molecule has 0 aromatic heterocycles. The van der Waals surface area contributed by atoms with Crippen LogP contribution in [-0.2, 0) is 9.59 Å². The molecule has 0 aromatic rings. The van der Waals surface area contributed by atoms with Crippen LogP contribution in [0.1, 0.15) is 19.8 Å². The maximum Gasteiger partial charge on any atom is 0.323 e. The highest BCUT2D eigenvalue weighted by molar-refractivity contribution is 5.74. The Morgan fingerprint density at radius 3 is 2.23 bits per heavy atom. The van der Waals surface area contributed by atoms with Crippen LogP contribution in [0.15, 0.2) is 0 Å². The Bertz CT molecular complexity index is 193. The molecule has 0 radical (unpaired) electrons. The van der Waals surface area contributed by atoms with Crippen LogP contribution in [0.3, 0.4) is 0 Å². The largest absolute Gasteiger partial charge is 0.481 e. The second-order valence-corrected chi connectivity index (χ2v) is 2.54. The summed E-state index contributed by atoms with van der Waals surface area (Å²) >= 11 is 0. The molecule has 6 heteroatoms. The molecular formula is C7H13NO5. The zero-order valence-electron chi connectivity index (χ0n) is 7.30. The van der Waals surface area contributed by atoms with Crippen molar-refractivity contribution in [2.24, 2.45) is 0 Å². The van der Waals surface area contributed by atoms with Crippen LogP contribution < -0.4 is 0 Å². The van der Waals surface area contributed by atoms with Gasteiger partial charge in [0.05, 0.1) is 0 Å². The maximum atomic E-state index is 10.5. The van der Waals surface area contributed by atoms with Gasteiger partial charge in [-0.1, -0.05) is 6.92 Å². The van der Waals surface area contributed by atoms with Gasteiger partial charge in [-0.3, -0.25) is 9.59 Å². The van der Waals surface area contributed by atoms with Crippen LogP contribution >= 0.6 is 0 Å². The molecule has 0 bridgehead atoms. The number of carboxylic acids is 2. The highest BCUT2D eigenvalue weighted by Crippen LogP contribution is 2.04. The van der Waals surface area contributed by atoms with Gasteiger partial charge in [-0.2, -0.15) is 5.06 Å². The Hall–Kier alpha value is -1.14. The van der Waals surface area contributed by atoms with Crippen LogP contribution in [0.2, 0.25) is 0 Å². The van der Waals surface area contributed by atoms with Crippen LogP contribution in [0.25, 0.3) is 0 Å². The van der Waals surface area contributed by atoms with E-state index in [-0.39, 0.29) is 19.4 Å². The number of carboxylic acid groups (broad SMARTS) is 2. The van der Waals surface area contributed by atoms with Crippen LogP contribution in [0.5, 0.6) is 0 Å². The molecule has 0 spiro atoms. The van der Waals surface area contributed by atoms with Gasteiger partial charge in [0, 0.05) is 13.0 Å². The minimum absolute atomic E-state index is 0.102. The lowest BCUT2D eigenvalue weighted by Gasteiger charge is -2.19. The SMILES string of the molecule is CCN(O)[C@@H](CCC(=O)O)C(=O)O. The molecule has 0 saturated carbocycles. The normalized spacial score (nSPS) is 12.8. The monoisotopic (exact) mass is 191 g/mol. The average Bonchev–Trinajstić information content (AvgIpc) is 2.03. The number of likely N-dealkylation sites (N-methyl/N-ethyl adjacent to an activating group) is 1. The highest BCUT2D eigenvalue weighted by atomic mass is 16.5. The first-order valence-electron chi connectivity index (χ1n) is 3.89. The highest BCUT2D eigenvalue weighted by Gasteiger charge is 2.23. The van der Waals surface area contributed by atoms with Gasteiger partial charge in [-0.05, 0) is 6.42 Å². The third-order valence-corrected chi connectivity index (χ3v) is 1.60. The zero-order valence-corrected chi connectivity index (χ0v) is 7.30. The molecule has 0 aliphatic rings. The Kier molecular flexibility index (Phi) is 5.01. The third-order valence-electron chi connectivity index (χ3n) is 1.60. The van der Waals surface area contributed by atoms with Gasteiger partial charge in [0.25, 0.3) is 0 Å². The first-order valence-corrected chi connectivity index (χ1v) is 3.89. The predicted molar refractivity (Wildman–Crippen MR) is 42.5 cm³/mol. The number of hydrogen-bond acceptors (Lipinski definition) is 4. The van der Waals surface area contributed by atoms with E-state index in [0.29, 0.717) is 5.06 Å². The van der Waals surface area contributed by atoms with Crippen LogP contribution in [-0.4, -0.2) is 45.0 Å². The molecule has 3 N–H and O–H groups in total. The molecule has 0 aliphatic carbocycles. The molecule has 0 saturated heterocycles. The molecule has 13 heavy (non-hydrogen) atoms. The van der Waals surface area contributed by atoms with Crippen molar-refractivity contribution >= 4 is 11.9 Å². The van der Waals surface area contributed by atoms with Crippen molar-refractivity contribution in [1.82, 2.24) is 5.06 Å². The third kappa shape index (κ3) is 4.44. The molecule has 0 aliphatic heterocycles. The molecule has 1 atom stereocenters. The lowest BCUT2D eigenvalue weighted by Crippen LogP contribution is -2.39. The molecule has 0 rings (SSSR count). The van der Waals surface area contributed by atoms with Crippen molar-refractivity contribution in [1.29, 1.82) is 0 Å². The summed E-state index contributed by atoms with van der Waals surface area (Å²) in [5.41, 5.74) is 0. The van der Waals surface area contributed by atoms with Gasteiger partial charge in [-0.25, -0.2) is 0 Å². The van der Waals surface area contributed by atoms with E-state index in [2.05, 4.69) is 0 Å². The van der Waals surface area contributed by atoms with Crippen molar-refractivity contribution in [3.05, 3.63) is 0 Å². The molecule has 0 unspecified atom stereocenters. The first-order chi connectivity index (χ1) is 5.99. The smallest absolute Gasteiger partial charge is 0.323 e. The van der Waals surface area contributed by atoms with Crippen molar-refractivity contribution in [2.45, 2.75) is 25.8 Å². The van der Waals surface area contributed by atoms with Gasteiger partial charge in [0.1, 0.15) is 6.04 Å². The topological polar surface area (TPSA) is 98.1 Å². The van der Waals surface area contributed by atoms with Gasteiger partial charge >= 0.3 is 11.9 Å². The van der Waals surface area contributed by atoms with E-state index >= 15 is 0 Å². The number of carbonyl (C=O) groups is 2. The van der Waals surface area contributed by atoms with Crippen molar-refractivity contribution < 1.29 is 25.0 Å². The molecule has 76 valence electrons. The average molecular weight is 191 g/mol. The second kappa shape index (κ2) is 5.50. The Morgan fingerprint density at radius 2 is 1.92 bits per heavy atom. The summed E-state index contributed by atoms with van der Waals surface area (Å²) in [7, 11) is 0. The Labute approximate surface area is 75.3 Å². The fourth-order valence-electron chi connectivity index (χ4n) is 0.881. The first kappa shape index (κ1) is 11.9. The number of nitrogens with zero attached hydrogens (tertiary/aromatic N) is 1. The quantitative estimate of drug-likeness (QED) is 0.512. The van der Waals surface area contributed by atoms with Crippen molar-refractivity contribution in [3.63, 3.8) is 0 Å². The van der Waals surface area contributed by atoms with Gasteiger partial charge in [0.15, 0.2) is 0 Å². The van der Waals surface area contributed by atoms with Crippen molar-refractivity contribution in [2.75, 3.05) is 6.54 Å². The lowest BCUT2D eigenvalue weighted by atomic mass is 10.1. The molecule has 0 fully saturated rings. The minimum Gasteiger partial charge on any atom is -0.481 e. The summed E-state index contributed by atoms with van der Waals surface area (Å²) in [5, 5.41) is 26.6. The zero-order chi connectivity index (χ0) is 10.4. The van der Waals surface area contributed by atoms with Crippen LogP contribution in [0, 0.1) is 0 Å². The summed E-state index contributed by atoms with van der Waals surface area (Å²) in [5.74, 6) is -2.29. The Morgan fingerprint density at radius 1 is 1.38 bits per heavy atom. The van der Waals surface area contributed by atoms with Crippen molar-refractivity contribution in [3.8, 4) is 0 Å². The molecule has 0 amide bonds. The summed E-state index contributed by atoms with van der Waals surface area (Å²) in [6.07, 6.45) is -0.372.